The Bertz CT molecular complexity index is 512. The Morgan fingerprint density at radius 2 is 2.07 bits per heavy atom. The van der Waals surface area contributed by atoms with Crippen molar-refractivity contribution in [2.75, 3.05) is 0 Å². The van der Waals surface area contributed by atoms with Gasteiger partial charge in [-0.15, -0.1) is 0 Å². The fourth-order valence-electron chi connectivity index (χ4n) is 1.80. The van der Waals surface area contributed by atoms with Crippen molar-refractivity contribution in [1.82, 2.24) is 4.98 Å². The van der Waals surface area contributed by atoms with Gasteiger partial charge in [-0.1, -0.05) is 0 Å². The zero-order valence-electron chi connectivity index (χ0n) is 7.49. The highest BCUT2D eigenvalue weighted by Gasteiger charge is 2.32. The molecule has 2 N–H and O–H groups in total. The van der Waals surface area contributed by atoms with Gasteiger partial charge >= 0.3 is 5.97 Å². The van der Waals surface area contributed by atoms with Crippen LogP contribution >= 0.6 is 0 Å². The molecule has 2 heterocycles. The monoisotopic (exact) mass is 215 g/mol. The second-order valence-electron chi connectivity index (χ2n) is 3.42. The summed E-state index contributed by atoms with van der Waals surface area (Å²) in [4.78, 5) is 13.6. The highest BCUT2D eigenvalue weighted by atomic mass is 32.2. The maximum absolute atomic E-state index is 11.2. The predicted octanol–water partition coefficient (Wildman–Crippen LogP) is 0.450. The van der Waals surface area contributed by atoms with E-state index in [4.69, 9.17) is 5.11 Å². The zero-order chi connectivity index (χ0) is 10.5. The van der Waals surface area contributed by atoms with Gasteiger partial charge in [0.05, 0.1) is 17.1 Å². The van der Waals surface area contributed by atoms with Crippen molar-refractivity contribution in [3.8, 4) is 0 Å². The third kappa shape index (κ3) is 1.22. The van der Waals surface area contributed by atoms with Crippen LogP contribution in [0.5, 0.6) is 0 Å². The van der Waals surface area contributed by atoms with Crippen LogP contribution in [-0.2, 0) is 21.3 Å². The molecule has 1 aliphatic rings. The summed E-state index contributed by atoms with van der Waals surface area (Å²) in [6.45, 7) is 1.63. The summed E-state index contributed by atoms with van der Waals surface area (Å²) in [5.41, 5.74) is 1.59. The first-order chi connectivity index (χ1) is 6.41. The molecule has 0 aliphatic carbocycles. The van der Waals surface area contributed by atoms with Crippen LogP contribution in [0.25, 0.3) is 0 Å². The standard InChI is InChI=1S/C8H9NO4S/c1-4-7(8(10)11)5-2-14(12,13)3-6(5)9-4/h9H,2-3H2,1H3,(H,10,11). The first kappa shape index (κ1) is 9.26. The smallest absolute Gasteiger partial charge is 0.337 e. The molecule has 1 aromatic heterocycles. The van der Waals surface area contributed by atoms with Crippen molar-refractivity contribution in [3.63, 3.8) is 0 Å². The van der Waals surface area contributed by atoms with Crippen LogP contribution in [0.2, 0.25) is 0 Å². The van der Waals surface area contributed by atoms with Gasteiger partial charge in [-0.2, -0.15) is 0 Å². The minimum Gasteiger partial charge on any atom is -0.478 e. The SMILES string of the molecule is Cc1[nH]c2c(c1C(=O)O)CS(=O)(=O)C2. The molecule has 0 fully saturated rings. The van der Waals surface area contributed by atoms with Crippen LogP contribution < -0.4 is 0 Å². The zero-order valence-corrected chi connectivity index (χ0v) is 8.31. The van der Waals surface area contributed by atoms with Crippen molar-refractivity contribution < 1.29 is 18.3 Å². The molecule has 0 saturated carbocycles. The van der Waals surface area contributed by atoms with E-state index in [0.29, 0.717) is 17.0 Å². The van der Waals surface area contributed by atoms with E-state index in [1.807, 2.05) is 0 Å². The van der Waals surface area contributed by atoms with Crippen LogP contribution in [0.3, 0.4) is 0 Å². The lowest BCUT2D eigenvalue weighted by Crippen LogP contribution is -2.04. The minimum absolute atomic E-state index is 0.0730. The molecule has 0 amide bonds. The third-order valence-electron chi connectivity index (χ3n) is 2.32. The number of carbonyl (C=O) groups is 1. The number of hydrogen-bond donors (Lipinski definition) is 2. The Morgan fingerprint density at radius 3 is 2.64 bits per heavy atom. The number of sulfone groups is 1. The fourth-order valence-corrected chi connectivity index (χ4v) is 3.35. The summed E-state index contributed by atoms with van der Waals surface area (Å²) in [6, 6.07) is 0. The van der Waals surface area contributed by atoms with Crippen molar-refractivity contribution in [2.24, 2.45) is 0 Å². The van der Waals surface area contributed by atoms with Crippen LogP contribution in [0.4, 0.5) is 0 Å². The van der Waals surface area contributed by atoms with Gasteiger partial charge in [0.2, 0.25) is 0 Å². The maximum atomic E-state index is 11.2. The molecule has 0 unspecified atom stereocenters. The van der Waals surface area contributed by atoms with E-state index in [2.05, 4.69) is 4.98 Å². The van der Waals surface area contributed by atoms with E-state index in [1.165, 1.54) is 0 Å². The number of carboxylic acids is 1. The number of nitrogens with one attached hydrogen (secondary N) is 1. The molecule has 0 bridgehead atoms. The lowest BCUT2D eigenvalue weighted by molar-refractivity contribution is 0.0695. The van der Waals surface area contributed by atoms with Gasteiger partial charge in [0.1, 0.15) is 0 Å². The number of rotatable bonds is 1. The Balaban J connectivity index is 2.63. The van der Waals surface area contributed by atoms with E-state index in [-0.39, 0.29) is 17.1 Å². The molecule has 6 heteroatoms. The second-order valence-corrected chi connectivity index (χ2v) is 5.48. The van der Waals surface area contributed by atoms with Crippen LogP contribution in [0.1, 0.15) is 27.3 Å². The highest BCUT2D eigenvalue weighted by molar-refractivity contribution is 7.90. The first-order valence-corrected chi connectivity index (χ1v) is 5.87. The second kappa shape index (κ2) is 2.60. The Kier molecular flexibility index (Phi) is 1.72. The number of H-pyrrole nitrogens is 1. The minimum atomic E-state index is -3.13. The number of hydrogen-bond acceptors (Lipinski definition) is 3. The number of aromatic amines is 1. The van der Waals surface area contributed by atoms with Crippen molar-refractivity contribution in [1.29, 1.82) is 0 Å². The van der Waals surface area contributed by atoms with Crippen molar-refractivity contribution in [3.05, 3.63) is 22.5 Å². The average Bonchev–Trinajstić information content (AvgIpc) is 2.37. The summed E-state index contributed by atoms with van der Waals surface area (Å²) in [6.07, 6.45) is 0. The molecule has 0 spiro atoms. The van der Waals surface area contributed by atoms with Crippen molar-refractivity contribution in [2.45, 2.75) is 18.4 Å². The molecule has 14 heavy (non-hydrogen) atoms. The number of carboxylic acid groups (broad SMARTS) is 1. The Morgan fingerprint density at radius 1 is 1.43 bits per heavy atom. The van der Waals surface area contributed by atoms with Crippen LogP contribution in [0, 0.1) is 6.92 Å². The molecule has 0 atom stereocenters. The van der Waals surface area contributed by atoms with Gasteiger partial charge in [0.15, 0.2) is 9.84 Å². The van der Waals surface area contributed by atoms with E-state index < -0.39 is 15.8 Å². The lowest BCUT2D eigenvalue weighted by Gasteiger charge is -1.95. The fraction of sp³-hybridized carbons (Fsp3) is 0.375. The molecule has 1 aliphatic heterocycles. The summed E-state index contributed by atoms with van der Waals surface area (Å²) < 4.78 is 22.4. The van der Waals surface area contributed by atoms with Gasteiger partial charge in [-0.3, -0.25) is 0 Å². The molecule has 1 aromatic rings. The quantitative estimate of drug-likeness (QED) is 0.712. The molecule has 0 aromatic carbocycles. The van der Waals surface area contributed by atoms with E-state index in [1.54, 1.807) is 6.92 Å². The maximum Gasteiger partial charge on any atom is 0.337 e. The van der Waals surface area contributed by atoms with Gasteiger partial charge in [0.25, 0.3) is 0 Å². The highest BCUT2D eigenvalue weighted by Crippen LogP contribution is 2.29. The lowest BCUT2D eigenvalue weighted by atomic mass is 10.1. The number of aryl methyl sites for hydroxylation is 1. The normalized spacial score (nSPS) is 18.1. The van der Waals surface area contributed by atoms with Crippen molar-refractivity contribution >= 4 is 15.8 Å². The summed E-state index contributed by atoms with van der Waals surface area (Å²) in [5, 5.41) is 8.87. The molecule has 0 saturated heterocycles. The van der Waals surface area contributed by atoms with Gasteiger partial charge in [-0.05, 0) is 6.92 Å². The molecular formula is C8H9NO4S. The third-order valence-corrected chi connectivity index (χ3v) is 3.78. The number of fused-ring (bicyclic) bond motifs is 1. The molecule has 5 nitrogen and oxygen atoms in total. The van der Waals surface area contributed by atoms with E-state index in [9.17, 15) is 13.2 Å². The predicted molar refractivity (Wildman–Crippen MR) is 48.8 cm³/mol. The van der Waals surface area contributed by atoms with Gasteiger partial charge in [0, 0.05) is 17.0 Å². The van der Waals surface area contributed by atoms with E-state index in [0.717, 1.165) is 0 Å². The van der Waals surface area contributed by atoms with E-state index >= 15 is 0 Å². The summed E-state index contributed by atoms with van der Waals surface area (Å²) in [7, 11) is -3.13. The number of aromatic carboxylic acids is 1. The largest absolute Gasteiger partial charge is 0.478 e. The molecule has 76 valence electrons. The summed E-state index contributed by atoms with van der Waals surface area (Å²) >= 11 is 0. The topological polar surface area (TPSA) is 87.2 Å². The van der Waals surface area contributed by atoms with Crippen LogP contribution in [-0.4, -0.2) is 24.5 Å². The number of aromatic nitrogens is 1. The van der Waals surface area contributed by atoms with Gasteiger partial charge in [-0.25, -0.2) is 13.2 Å². The Labute approximate surface area is 80.7 Å². The molecule has 0 radical (unpaired) electrons. The molecule has 2 rings (SSSR count). The Hall–Kier alpha value is -1.30. The van der Waals surface area contributed by atoms with Gasteiger partial charge < -0.3 is 10.1 Å². The molecular weight excluding hydrogens is 206 g/mol. The van der Waals surface area contributed by atoms with Crippen LogP contribution in [0.15, 0.2) is 0 Å². The first-order valence-electron chi connectivity index (χ1n) is 4.05. The summed E-state index contributed by atoms with van der Waals surface area (Å²) in [5.74, 6) is -1.30. The average molecular weight is 215 g/mol.